The minimum Gasteiger partial charge on any atom is -0.478 e. The number of amides is 1. The van der Waals surface area contributed by atoms with E-state index < -0.39 is 11.9 Å². The Kier molecular flexibility index (Phi) is 6.34. The van der Waals surface area contributed by atoms with Crippen molar-refractivity contribution < 1.29 is 14.7 Å². The minimum absolute atomic E-state index is 0.0000119. The first kappa shape index (κ1) is 19.9. The second-order valence-electron chi connectivity index (χ2n) is 6.22. The maximum absolute atomic E-state index is 12.6. The fraction of sp³-hybridized carbons (Fsp3) is 0.0909. The molecule has 6 heteroatoms. The van der Waals surface area contributed by atoms with E-state index in [2.05, 4.69) is 5.32 Å². The predicted octanol–water partition coefficient (Wildman–Crippen LogP) is 5.73. The Morgan fingerprint density at radius 2 is 1.46 bits per heavy atom. The van der Waals surface area contributed by atoms with Crippen molar-refractivity contribution in [1.29, 1.82) is 0 Å². The number of aryl methyl sites for hydroxylation is 2. The largest absolute Gasteiger partial charge is 0.478 e. The third kappa shape index (κ3) is 4.71. The summed E-state index contributed by atoms with van der Waals surface area (Å²) in [5.74, 6) is -1.69. The van der Waals surface area contributed by atoms with Crippen LogP contribution in [0.5, 0.6) is 0 Å². The van der Waals surface area contributed by atoms with Gasteiger partial charge in [-0.25, -0.2) is 4.79 Å². The third-order valence-corrected chi connectivity index (χ3v) is 4.93. The topological polar surface area (TPSA) is 66.4 Å². The van der Waals surface area contributed by atoms with Gasteiger partial charge in [-0.2, -0.15) is 0 Å². The number of anilines is 1. The van der Waals surface area contributed by atoms with Gasteiger partial charge in [-0.15, -0.1) is 0 Å². The van der Waals surface area contributed by atoms with Gasteiger partial charge in [-0.05, 0) is 48.2 Å². The second-order valence-corrected chi connectivity index (χ2v) is 7.04. The Labute approximate surface area is 172 Å². The van der Waals surface area contributed by atoms with Crippen molar-refractivity contribution in [3.8, 4) is 0 Å². The summed E-state index contributed by atoms with van der Waals surface area (Å²) in [5, 5.41) is 12.5. The lowest BCUT2D eigenvalue weighted by Crippen LogP contribution is -2.16. The molecule has 3 aromatic carbocycles. The first-order chi connectivity index (χ1) is 13.5. The molecule has 28 heavy (non-hydrogen) atoms. The molecular formula is C22H17Cl2NO3. The Balaban J connectivity index is 1.85. The summed E-state index contributed by atoms with van der Waals surface area (Å²) in [6.45, 7) is 0. The molecule has 3 rings (SSSR count). The monoisotopic (exact) mass is 413 g/mol. The molecule has 4 nitrogen and oxygen atoms in total. The van der Waals surface area contributed by atoms with Crippen molar-refractivity contribution in [2.75, 3.05) is 5.32 Å². The van der Waals surface area contributed by atoms with E-state index in [9.17, 15) is 14.7 Å². The molecule has 0 saturated carbocycles. The summed E-state index contributed by atoms with van der Waals surface area (Å²) in [5.41, 5.74) is 2.41. The smallest absolute Gasteiger partial charge is 0.337 e. The van der Waals surface area contributed by atoms with Crippen LogP contribution in [0.4, 0.5) is 5.69 Å². The van der Waals surface area contributed by atoms with E-state index in [4.69, 9.17) is 23.2 Å². The lowest BCUT2D eigenvalue weighted by Gasteiger charge is -2.12. The molecule has 0 heterocycles. The van der Waals surface area contributed by atoms with Gasteiger partial charge < -0.3 is 10.4 Å². The lowest BCUT2D eigenvalue weighted by atomic mass is 10.0. The number of carboxylic acid groups (broad SMARTS) is 1. The Morgan fingerprint density at radius 1 is 0.821 bits per heavy atom. The number of carbonyl (C=O) groups excluding carboxylic acids is 1. The lowest BCUT2D eigenvalue weighted by molar-refractivity contribution is 0.0698. The summed E-state index contributed by atoms with van der Waals surface area (Å²) >= 11 is 12.2. The van der Waals surface area contributed by atoms with E-state index in [1.807, 2.05) is 30.3 Å². The van der Waals surface area contributed by atoms with Gasteiger partial charge in [0.1, 0.15) is 0 Å². The van der Waals surface area contributed by atoms with E-state index in [0.29, 0.717) is 6.42 Å². The van der Waals surface area contributed by atoms with Gasteiger partial charge in [0.2, 0.25) is 0 Å². The molecule has 0 saturated heterocycles. The van der Waals surface area contributed by atoms with Crippen LogP contribution in [0.1, 0.15) is 31.8 Å². The molecule has 0 radical (unpaired) electrons. The molecule has 0 aliphatic carbocycles. The summed E-state index contributed by atoms with van der Waals surface area (Å²) in [6, 6.07) is 19.6. The van der Waals surface area contributed by atoms with E-state index >= 15 is 0 Å². The van der Waals surface area contributed by atoms with Crippen molar-refractivity contribution in [1.82, 2.24) is 0 Å². The van der Waals surface area contributed by atoms with E-state index in [-0.39, 0.29) is 26.9 Å². The molecular weight excluding hydrogens is 397 g/mol. The van der Waals surface area contributed by atoms with Crippen LogP contribution in [0.3, 0.4) is 0 Å². The van der Waals surface area contributed by atoms with E-state index in [0.717, 1.165) is 12.0 Å². The Hall–Kier alpha value is -2.82. The van der Waals surface area contributed by atoms with Crippen LogP contribution in [0.2, 0.25) is 10.0 Å². The number of rotatable bonds is 6. The molecule has 3 aromatic rings. The number of nitrogens with one attached hydrogen (secondary N) is 1. The number of hydrogen-bond donors (Lipinski definition) is 2. The third-order valence-electron chi connectivity index (χ3n) is 4.30. The fourth-order valence-corrected chi connectivity index (χ4v) is 3.44. The second kappa shape index (κ2) is 8.91. The molecule has 0 atom stereocenters. The molecule has 2 N–H and O–H groups in total. The molecule has 0 unspecified atom stereocenters. The highest BCUT2D eigenvalue weighted by Gasteiger charge is 2.18. The van der Waals surface area contributed by atoms with Gasteiger partial charge in [-0.1, -0.05) is 65.7 Å². The molecule has 0 fully saturated rings. The van der Waals surface area contributed by atoms with Gasteiger partial charge in [0.25, 0.3) is 5.91 Å². The maximum Gasteiger partial charge on any atom is 0.337 e. The quantitative estimate of drug-likeness (QED) is 0.542. The van der Waals surface area contributed by atoms with Gasteiger partial charge in [0.05, 0.1) is 26.9 Å². The van der Waals surface area contributed by atoms with Crippen LogP contribution in [-0.4, -0.2) is 17.0 Å². The summed E-state index contributed by atoms with van der Waals surface area (Å²) < 4.78 is 0. The van der Waals surface area contributed by atoms with Crippen molar-refractivity contribution in [3.05, 3.63) is 99.0 Å². The summed E-state index contributed by atoms with van der Waals surface area (Å²) in [6.07, 6.45) is 1.51. The zero-order valence-electron chi connectivity index (χ0n) is 14.8. The van der Waals surface area contributed by atoms with Gasteiger partial charge in [-0.3, -0.25) is 4.79 Å². The van der Waals surface area contributed by atoms with Crippen LogP contribution in [0.15, 0.2) is 66.7 Å². The van der Waals surface area contributed by atoms with Crippen molar-refractivity contribution in [2.45, 2.75) is 12.8 Å². The SMILES string of the molecule is O=C(O)c1ccc(CCc2ccccc2)cc1NC(=O)c1c(Cl)cccc1Cl. The van der Waals surface area contributed by atoms with Crippen LogP contribution in [-0.2, 0) is 12.8 Å². The van der Waals surface area contributed by atoms with Crippen LogP contribution < -0.4 is 5.32 Å². The van der Waals surface area contributed by atoms with Crippen LogP contribution >= 0.6 is 23.2 Å². The Morgan fingerprint density at radius 3 is 2.11 bits per heavy atom. The molecule has 1 amide bonds. The van der Waals surface area contributed by atoms with Crippen molar-refractivity contribution >= 4 is 40.8 Å². The first-order valence-electron chi connectivity index (χ1n) is 8.61. The number of benzene rings is 3. The number of hydrogen-bond acceptors (Lipinski definition) is 2. The molecule has 0 bridgehead atoms. The minimum atomic E-state index is -1.13. The standard InChI is InChI=1S/C22H17Cl2NO3/c23-17-7-4-8-18(24)20(17)21(26)25-19-13-15(11-12-16(19)22(27)28)10-9-14-5-2-1-3-6-14/h1-8,11-13H,9-10H2,(H,25,26)(H,27,28). The maximum atomic E-state index is 12.6. The highest BCUT2D eigenvalue weighted by Crippen LogP contribution is 2.27. The van der Waals surface area contributed by atoms with E-state index in [1.165, 1.54) is 11.6 Å². The van der Waals surface area contributed by atoms with Crippen LogP contribution in [0, 0.1) is 0 Å². The van der Waals surface area contributed by atoms with E-state index in [1.54, 1.807) is 30.3 Å². The Bertz CT molecular complexity index is 999. The number of aromatic carboxylic acids is 1. The zero-order chi connectivity index (χ0) is 20.1. The van der Waals surface area contributed by atoms with Crippen molar-refractivity contribution in [2.24, 2.45) is 0 Å². The van der Waals surface area contributed by atoms with Gasteiger partial charge >= 0.3 is 5.97 Å². The fourth-order valence-electron chi connectivity index (χ4n) is 2.87. The predicted molar refractivity (Wildman–Crippen MR) is 112 cm³/mol. The normalized spacial score (nSPS) is 10.5. The molecule has 142 valence electrons. The zero-order valence-corrected chi connectivity index (χ0v) is 16.3. The number of carbonyl (C=O) groups is 2. The molecule has 0 spiro atoms. The molecule has 0 aromatic heterocycles. The summed E-state index contributed by atoms with van der Waals surface area (Å²) in [7, 11) is 0. The molecule has 0 aliphatic heterocycles. The highest BCUT2D eigenvalue weighted by atomic mass is 35.5. The number of halogens is 2. The van der Waals surface area contributed by atoms with Gasteiger partial charge in [0, 0.05) is 0 Å². The molecule has 0 aliphatic rings. The van der Waals surface area contributed by atoms with Gasteiger partial charge in [0.15, 0.2) is 0 Å². The number of carboxylic acids is 1. The van der Waals surface area contributed by atoms with Crippen LogP contribution in [0.25, 0.3) is 0 Å². The van der Waals surface area contributed by atoms with Crippen molar-refractivity contribution in [3.63, 3.8) is 0 Å². The first-order valence-corrected chi connectivity index (χ1v) is 9.37. The average Bonchev–Trinajstić information content (AvgIpc) is 2.67. The highest BCUT2D eigenvalue weighted by molar-refractivity contribution is 6.40. The average molecular weight is 414 g/mol. The summed E-state index contributed by atoms with van der Waals surface area (Å²) in [4.78, 5) is 24.2.